The van der Waals surface area contributed by atoms with E-state index in [1.54, 1.807) is 24.3 Å². The molecule has 3 aliphatic rings. The Morgan fingerprint density at radius 1 is 0.951 bits per heavy atom. The molecule has 0 atom stereocenters. The van der Waals surface area contributed by atoms with Crippen LogP contribution in [-0.4, -0.2) is 49.4 Å². The third-order valence-electron chi connectivity index (χ3n) is 6.94. The molecule has 2 N–H and O–H groups in total. The first-order valence-electron chi connectivity index (χ1n) is 14.2. The van der Waals surface area contributed by atoms with E-state index in [-0.39, 0.29) is 29.7 Å². The zero-order chi connectivity index (χ0) is 29.2. The maximum atomic E-state index is 13.8. The number of amides is 1. The number of fused-ring (bicyclic) bond motifs is 2. The Bertz CT molecular complexity index is 1360. The Hall–Kier alpha value is -3.98. The van der Waals surface area contributed by atoms with Crippen molar-refractivity contribution in [3.63, 3.8) is 0 Å². The zero-order valence-corrected chi connectivity index (χ0v) is 23.6. The number of primary amides is 1. The third kappa shape index (κ3) is 7.82. The molecule has 0 bridgehead atoms. The number of nitrogens with zero attached hydrogens (tertiary/aromatic N) is 2. The molecule has 0 aliphatic carbocycles. The largest absolute Gasteiger partial charge is 0.486 e. The van der Waals surface area contributed by atoms with Gasteiger partial charge in [0.15, 0.2) is 23.0 Å². The van der Waals surface area contributed by atoms with Gasteiger partial charge in [-0.3, -0.25) is 4.79 Å². The number of carbonyl (C=O) groups is 1. The van der Waals surface area contributed by atoms with Crippen LogP contribution in [0.5, 0.6) is 11.5 Å². The van der Waals surface area contributed by atoms with Crippen molar-refractivity contribution < 1.29 is 27.9 Å². The van der Waals surface area contributed by atoms with Gasteiger partial charge in [0.1, 0.15) is 25.6 Å². The summed E-state index contributed by atoms with van der Waals surface area (Å²) in [5, 5.41) is 3.68. The predicted molar refractivity (Wildman–Crippen MR) is 155 cm³/mol. The topological polar surface area (TPSA) is 86.4 Å². The van der Waals surface area contributed by atoms with Crippen LogP contribution >= 0.6 is 0 Å². The molecule has 3 aromatic carbocycles. The maximum absolute atomic E-state index is 13.8. The van der Waals surface area contributed by atoms with E-state index in [0.717, 1.165) is 41.6 Å². The lowest BCUT2D eigenvalue weighted by atomic mass is 9.96. The Labute approximate surface area is 239 Å². The molecule has 0 spiro atoms. The number of hydrogen-bond acceptors (Lipinski definition) is 6. The van der Waals surface area contributed by atoms with Gasteiger partial charge in [-0.1, -0.05) is 43.3 Å². The van der Waals surface area contributed by atoms with Crippen LogP contribution in [0, 0.1) is 11.6 Å². The average Bonchev–Trinajstić information content (AvgIpc) is 3.52. The molecule has 1 amide bonds. The molecule has 0 saturated carbocycles. The number of ether oxygens (including phenoxy) is 2. The van der Waals surface area contributed by atoms with Gasteiger partial charge >= 0.3 is 0 Å². The van der Waals surface area contributed by atoms with Gasteiger partial charge in [0.2, 0.25) is 0 Å². The predicted octanol–water partition coefficient (Wildman–Crippen LogP) is 5.86. The van der Waals surface area contributed by atoms with Crippen LogP contribution in [0.15, 0.2) is 59.8 Å². The van der Waals surface area contributed by atoms with Gasteiger partial charge in [-0.2, -0.15) is 0 Å². The van der Waals surface area contributed by atoms with Crippen molar-refractivity contribution in [3.8, 4) is 22.6 Å². The number of likely N-dealkylation sites (tertiary alicyclic amines) is 1. The van der Waals surface area contributed by atoms with Crippen molar-refractivity contribution in [2.75, 3.05) is 32.8 Å². The van der Waals surface area contributed by atoms with Crippen molar-refractivity contribution in [2.45, 2.75) is 46.1 Å². The first-order chi connectivity index (χ1) is 20.0. The lowest BCUT2D eigenvalue weighted by Gasteiger charge is -2.20. The van der Waals surface area contributed by atoms with E-state index in [1.807, 2.05) is 32.0 Å². The molecule has 0 radical (unpaired) electrons. The fourth-order valence-electron chi connectivity index (χ4n) is 4.98. The smallest absolute Gasteiger partial charge is 0.271 e. The van der Waals surface area contributed by atoms with Crippen LogP contribution in [0.1, 0.15) is 49.8 Å². The normalized spacial score (nSPS) is 15.3. The zero-order valence-electron chi connectivity index (χ0n) is 23.6. The van der Waals surface area contributed by atoms with Crippen LogP contribution in [-0.2, 0) is 22.7 Å². The van der Waals surface area contributed by atoms with Crippen LogP contribution < -0.4 is 15.2 Å². The SMILES string of the molecule is CC.Fc1cc(CCCN2CCCC2)cc2c1OCCO2.NC(=O)C1=NOCc2cc(-c3ccc(F)cc3)ccc21. The fourth-order valence-corrected chi connectivity index (χ4v) is 4.98. The molecular formula is C32H37F2N3O4. The molecule has 1 saturated heterocycles. The van der Waals surface area contributed by atoms with E-state index in [4.69, 9.17) is 20.0 Å². The summed E-state index contributed by atoms with van der Waals surface area (Å²) < 4.78 is 37.5. The first-order valence-corrected chi connectivity index (χ1v) is 14.2. The van der Waals surface area contributed by atoms with E-state index in [9.17, 15) is 13.6 Å². The summed E-state index contributed by atoms with van der Waals surface area (Å²) in [4.78, 5) is 18.8. The molecule has 1 fully saturated rings. The monoisotopic (exact) mass is 565 g/mol. The Kier molecular flexibility index (Phi) is 10.7. The lowest BCUT2D eigenvalue weighted by molar-refractivity contribution is -0.112. The second kappa shape index (κ2) is 14.6. The molecule has 218 valence electrons. The van der Waals surface area contributed by atoms with Crippen molar-refractivity contribution >= 4 is 11.6 Å². The molecule has 3 heterocycles. The summed E-state index contributed by atoms with van der Waals surface area (Å²) in [5.41, 5.74) is 9.69. The molecule has 7 nitrogen and oxygen atoms in total. The lowest BCUT2D eigenvalue weighted by Crippen LogP contribution is -2.27. The van der Waals surface area contributed by atoms with Crippen molar-refractivity contribution in [1.29, 1.82) is 0 Å². The van der Waals surface area contributed by atoms with E-state index >= 15 is 0 Å². The Morgan fingerprint density at radius 2 is 1.66 bits per heavy atom. The highest BCUT2D eigenvalue weighted by Crippen LogP contribution is 2.34. The van der Waals surface area contributed by atoms with Gasteiger partial charge in [0, 0.05) is 11.1 Å². The summed E-state index contributed by atoms with van der Waals surface area (Å²) in [6.45, 7) is 8.75. The molecule has 41 heavy (non-hydrogen) atoms. The molecule has 3 aliphatic heterocycles. The second-order valence-corrected chi connectivity index (χ2v) is 9.71. The fraction of sp³-hybridized carbons (Fsp3) is 0.375. The minimum atomic E-state index is -0.625. The second-order valence-electron chi connectivity index (χ2n) is 9.71. The number of aryl methyl sites for hydroxylation is 1. The van der Waals surface area contributed by atoms with Crippen molar-refractivity contribution in [2.24, 2.45) is 10.9 Å². The highest BCUT2D eigenvalue weighted by molar-refractivity contribution is 6.45. The van der Waals surface area contributed by atoms with Crippen LogP contribution in [0.2, 0.25) is 0 Å². The minimum absolute atomic E-state index is 0.122. The first kappa shape index (κ1) is 30.0. The quantitative estimate of drug-likeness (QED) is 0.405. The van der Waals surface area contributed by atoms with Crippen molar-refractivity contribution in [3.05, 3.63) is 82.9 Å². The van der Waals surface area contributed by atoms with E-state index in [2.05, 4.69) is 10.1 Å². The highest BCUT2D eigenvalue weighted by Gasteiger charge is 2.21. The molecular weight excluding hydrogens is 528 g/mol. The summed E-state index contributed by atoms with van der Waals surface area (Å²) in [7, 11) is 0. The number of halogens is 2. The van der Waals surface area contributed by atoms with E-state index < -0.39 is 5.91 Å². The van der Waals surface area contributed by atoms with E-state index in [1.165, 1.54) is 38.1 Å². The summed E-state index contributed by atoms with van der Waals surface area (Å²) in [5.74, 6) is -0.371. The molecule has 9 heteroatoms. The standard InChI is InChI=1S/C15H11FN2O2.C15H20FNO2.C2H6/c16-12-4-1-9(2-5-12)10-3-6-13-11(7-10)8-20-18-14(13)15(17)19;16-13-10-12(4-3-7-17-5-1-2-6-17)11-14-15(13)19-9-8-18-14;1-2/h1-7H,8H2,(H2,17,19);10-11H,1-9H2;1-2H3. The van der Waals surface area contributed by atoms with Gasteiger partial charge in [0.25, 0.3) is 5.91 Å². The number of nitrogens with two attached hydrogens (primary N) is 1. The van der Waals surface area contributed by atoms with Gasteiger partial charge < -0.3 is 24.9 Å². The molecule has 0 aromatic heterocycles. The highest BCUT2D eigenvalue weighted by atomic mass is 19.1. The summed E-state index contributed by atoms with van der Waals surface area (Å²) >= 11 is 0. The van der Waals surface area contributed by atoms with Crippen LogP contribution in [0.3, 0.4) is 0 Å². The van der Waals surface area contributed by atoms with Gasteiger partial charge in [0.05, 0.1) is 0 Å². The summed E-state index contributed by atoms with van der Waals surface area (Å²) in [6.07, 6.45) is 4.60. The minimum Gasteiger partial charge on any atom is -0.486 e. The molecule has 6 rings (SSSR count). The molecule has 0 unspecified atom stereocenters. The maximum Gasteiger partial charge on any atom is 0.271 e. The third-order valence-corrected chi connectivity index (χ3v) is 6.94. The average molecular weight is 566 g/mol. The van der Waals surface area contributed by atoms with Gasteiger partial charge in [-0.25, -0.2) is 8.78 Å². The number of benzene rings is 3. The van der Waals surface area contributed by atoms with Gasteiger partial charge in [-0.15, -0.1) is 0 Å². The van der Waals surface area contributed by atoms with Gasteiger partial charge in [-0.05, 0) is 92.3 Å². The van der Waals surface area contributed by atoms with E-state index in [0.29, 0.717) is 24.5 Å². The number of carbonyl (C=O) groups excluding carboxylic acids is 1. The Morgan fingerprint density at radius 3 is 2.39 bits per heavy atom. The van der Waals surface area contributed by atoms with Crippen molar-refractivity contribution in [1.82, 2.24) is 4.90 Å². The number of hydrogen-bond donors (Lipinski definition) is 1. The van der Waals surface area contributed by atoms with Crippen LogP contribution in [0.4, 0.5) is 8.78 Å². The Balaban J connectivity index is 0.000000178. The molecule has 3 aromatic rings. The van der Waals surface area contributed by atoms with Crippen LogP contribution in [0.25, 0.3) is 11.1 Å². The number of oxime groups is 1. The number of rotatable bonds is 6. The summed E-state index contributed by atoms with van der Waals surface area (Å²) in [6, 6.07) is 15.2.